The Morgan fingerprint density at radius 1 is 1.82 bits per heavy atom. The molecule has 0 aliphatic rings. The highest BCUT2D eigenvalue weighted by molar-refractivity contribution is 8.15. The maximum absolute atomic E-state index is 10.5. The van der Waals surface area contributed by atoms with Crippen molar-refractivity contribution in [2.24, 2.45) is 10.9 Å². The van der Waals surface area contributed by atoms with Gasteiger partial charge < -0.3 is 10.9 Å². The SMILES string of the molecule is CCC(=NO)SC(C)C(N)=O. The molecule has 5 heteroatoms. The van der Waals surface area contributed by atoms with Crippen LogP contribution in [0.25, 0.3) is 0 Å². The van der Waals surface area contributed by atoms with Gasteiger partial charge in [-0.1, -0.05) is 23.8 Å². The van der Waals surface area contributed by atoms with E-state index in [1.807, 2.05) is 6.92 Å². The fourth-order valence-electron chi connectivity index (χ4n) is 0.440. The summed E-state index contributed by atoms with van der Waals surface area (Å²) in [6.07, 6.45) is 0.610. The Hall–Kier alpha value is -0.710. The maximum atomic E-state index is 10.5. The predicted molar refractivity (Wildman–Crippen MR) is 45.8 cm³/mol. The summed E-state index contributed by atoms with van der Waals surface area (Å²) in [4.78, 5) is 10.5. The van der Waals surface area contributed by atoms with Crippen LogP contribution in [0.15, 0.2) is 5.16 Å². The average molecular weight is 176 g/mol. The number of thioether (sulfide) groups is 1. The van der Waals surface area contributed by atoms with Crippen molar-refractivity contribution >= 4 is 22.7 Å². The number of carbonyl (C=O) groups is 1. The van der Waals surface area contributed by atoms with E-state index in [1.165, 1.54) is 11.8 Å². The summed E-state index contributed by atoms with van der Waals surface area (Å²) in [5, 5.41) is 11.6. The molecule has 64 valence electrons. The highest BCUT2D eigenvalue weighted by Gasteiger charge is 2.11. The molecule has 0 saturated heterocycles. The molecule has 0 fully saturated rings. The van der Waals surface area contributed by atoms with Crippen LogP contribution in [-0.2, 0) is 4.79 Å². The van der Waals surface area contributed by atoms with Gasteiger partial charge in [-0.05, 0) is 13.3 Å². The Bertz CT molecular complexity index is 170. The Labute approximate surface area is 69.8 Å². The molecule has 1 atom stereocenters. The number of carbonyl (C=O) groups excluding carboxylic acids is 1. The third-order valence-corrected chi connectivity index (χ3v) is 2.36. The highest BCUT2D eigenvalue weighted by Crippen LogP contribution is 2.13. The molecule has 0 bridgehead atoms. The largest absolute Gasteiger partial charge is 0.410 e. The molecule has 3 N–H and O–H groups in total. The molecule has 0 aliphatic heterocycles. The third kappa shape index (κ3) is 3.87. The van der Waals surface area contributed by atoms with Gasteiger partial charge in [-0.3, -0.25) is 4.79 Å². The van der Waals surface area contributed by atoms with Crippen molar-refractivity contribution in [2.75, 3.05) is 0 Å². The summed E-state index contributed by atoms with van der Waals surface area (Å²) < 4.78 is 0. The van der Waals surface area contributed by atoms with Crippen molar-refractivity contribution in [2.45, 2.75) is 25.5 Å². The van der Waals surface area contributed by atoms with Crippen molar-refractivity contribution in [1.29, 1.82) is 0 Å². The molecule has 0 aliphatic carbocycles. The van der Waals surface area contributed by atoms with Crippen molar-refractivity contribution in [3.8, 4) is 0 Å². The van der Waals surface area contributed by atoms with Gasteiger partial charge in [0.25, 0.3) is 0 Å². The molecule has 11 heavy (non-hydrogen) atoms. The van der Waals surface area contributed by atoms with E-state index in [9.17, 15) is 4.79 Å². The Morgan fingerprint density at radius 2 is 2.36 bits per heavy atom. The summed E-state index contributed by atoms with van der Waals surface area (Å²) in [5.74, 6) is -0.399. The lowest BCUT2D eigenvalue weighted by atomic mass is 10.5. The first-order valence-corrected chi connectivity index (χ1v) is 4.16. The van der Waals surface area contributed by atoms with Gasteiger partial charge in [0.05, 0.1) is 5.25 Å². The van der Waals surface area contributed by atoms with E-state index in [4.69, 9.17) is 10.9 Å². The first-order valence-electron chi connectivity index (χ1n) is 3.28. The molecular weight excluding hydrogens is 164 g/mol. The van der Waals surface area contributed by atoms with Crippen molar-refractivity contribution in [3.63, 3.8) is 0 Å². The van der Waals surface area contributed by atoms with E-state index in [-0.39, 0.29) is 5.25 Å². The van der Waals surface area contributed by atoms with Gasteiger partial charge >= 0.3 is 0 Å². The molecule has 0 radical (unpaired) electrons. The van der Waals surface area contributed by atoms with Crippen LogP contribution in [-0.4, -0.2) is 21.4 Å². The lowest BCUT2D eigenvalue weighted by Crippen LogP contribution is -2.23. The molecule has 0 rings (SSSR count). The minimum Gasteiger partial charge on any atom is -0.410 e. The van der Waals surface area contributed by atoms with E-state index in [0.29, 0.717) is 11.5 Å². The van der Waals surface area contributed by atoms with E-state index in [1.54, 1.807) is 6.92 Å². The van der Waals surface area contributed by atoms with Gasteiger partial charge in [0.15, 0.2) is 0 Å². The molecule has 1 unspecified atom stereocenters. The fraction of sp³-hybridized carbons (Fsp3) is 0.667. The second-order valence-electron chi connectivity index (χ2n) is 2.01. The van der Waals surface area contributed by atoms with Crippen LogP contribution < -0.4 is 5.73 Å². The van der Waals surface area contributed by atoms with Gasteiger partial charge in [0.2, 0.25) is 5.91 Å². The first-order chi connectivity index (χ1) is 5.11. The number of nitrogens with zero attached hydrogens (tertiary/aromatic N) is 1. The Kier molecular flexibility index (Phi) is 4.69. The number of oxime groups is 1. The summed E-state index contributed by atoms with van der Waals surface area (Å²) in [6.45, 7) is 3.52. The van der Waals surface area contributed by atoms with E-state index in [2.05, 4.69) is 5.16 Å². The lowest BCUT2D eigenvalue weighted by Gasteiger charge is -2.05. The monoisotopic (exact) mass is 176 g/mol. The van der Waals surface area contributed by atoms with Crippen molar-refractivity contribution in [3.05, 3.63) is 0 Å². The number of rotatable bonds is 3. The highest BCUT2D eigenvalue weighted by atomic mass is 32.2. The maximum Gasteiger partial charge on any atom is 0.230 e. The lowest BCUT2D eigenvalue weighted by molar-refractivity contribution is -0.117. The van der Waals surface area contributed by atoms with Gasteiger partial charge in [-0.15, -0.1) is 0 Å². The van der Waals surface area contributed by atoms with Gasteiger partial charge in [-0.2, -0.15) is 0 Å². The zero-order valence-electron chi connectivity index (χ0n) is 6.57. The van der Waals surface area contributed by atoms with E-state index in [0.717, 1.165) is 0 Å². The van der Waals surface area contributed by atoms with Crippen molar-refractivity contribution < 1.29 is 10.0 Å². The summed E-state index contributed by atoms with van der Waals surface area (Å²) in [5.41, 5.74) is 5.00. The summed E-state index contributed by atoms with van der Waals surface area (Å²) in [7, 11) is 0. The number of amides is 1. The first kappa shape index (κ1) is 10.3. The van der Waals surface area contributed by atoms with Crippen LogP contribution in [0.5, 0.6) is 0 Å². The van der Waals surface area contributed by atoms with E-state index >= 15 is 0 Å². The molecule has 4 nitrogen and oxygen atoms in total. The molecule has 0 aromatic heterocycles. The van der Waals surface area contributed by atoms with Gasteiger partial charge in [0.1, 0.15) is 5.04 Å². The molecule has 0 aromatic rings. The fourth-order valence-corrected chi connectivity index (χ4v) is 1.18. The molecule has 1 amide bonds. The number of hydrogen-bond acceptors (Lipinski definition) is 4. The molecule has 0 heterocycles. The van der Waals surface area contributed by atoms with Crippen LogP contribution in [0.1, 0.15) is 20.3 Å². The minimum absolute atomic E-state index is 0.333. The topological polar surface area (TPSA) is 75.7 Å². The van der Waals surface area contributed by atoms with Gasteiger partial charge in [0, 0.05) is 0 Å². The van der Waals surface area contributed by atoms with Crippen LogP contribution in [0.2, 0.25) is 0 Å². The third-order valence-electron chi connectivity index (χ3n) is 1.13. The smallest absolute Gasteiger partial charge is 0.230 e. The number of nitrogens with two attached hydrogens (primary N) is 1. The number of primary amides is 1. The normalized spacial score (nSPS) is 14.5. The Morgan fingerprint density at radius 3 is 2.64 bits per heavy atom. The minimum atomic E-state index is -0.399. The summed E-state index contributed by atoms with van der Waals surface area (Å²) in [6, 6.07) is 0. The Balaban J connectivity index is 3.92. The molecular formula is C6H12N2O2S. The van der Waals surface area contributed by atoms with E-state index < -0.39 is 5.91 Å². The zero-order chi connectivity index (χ0) is 8.85. The second-order valence-corrected chi connectivity index (χ2v) is 3.42. The van der Waals surface area contributed by atoms with Gasteiger partial charge in [-0.25, -0.2) is 0 Å². The zero-order valence-corrected chi connectivity index (χ0v) is 7.39. The van der Waals surface area contributed by atoms with Crippen LogP contribution in [0.3, 0.4) is 0 Å². The molecule has 0 saturated carbocycles. The second kappa shape index (κ2) is 5.01. The predicted octanol–water partition coefficient (Wildman–Crippen LogP) is 0.791. The number of hydrogen-bond donors (Lipinski definition) is 2. The van der Waals surface area contributed by atoms with Crippen LogP contribution >= 0.6 is 11.8 Å². The van der Waals surface area contributed by atoms with Crippen LogP contribution in [0, 0.1) is 0 Å². The summed E-state index contributed by atoms with van der Waals surface area (Å²) >= 11 is 1.18. The standard InChI is InChI=1S/C6H12N2O2S/c1-3-5(8-10)11-4(2)6(7)9/h4,10H,3H2,1-2H3,(H2,7,9). The molecule has 0 aromatic carbocycles. The quantitative estimate of drug-likeness (QED) is 0.289. The average Bonchev–Trinajstić information content (AvgIpc) is 1.99. The van der Waals surface area contributed by atoms with Crippen LogP contribution in [0.4, 0.5) is 0 Å². The van der Waals surface area contributed by atoms with Crippen molar-refractivity contribution in [1.82, 2.24) is 0 Å². The molecule has 0 spiro atoms.